The van der Waals surface area contributed by atoms with Crippen molar-refractivity contribution in [2.75, 3.05) is 20.1 Å². The van der Waals surface area contributed by atoms with Crippen molar-refractivity contribution in [3.63, 3.8) is 0 Å². The Morgan fingerprint density at radius 3 is 2.58 bits per heavy atom. The van der Waals surface area contributed by atoms with Crippen LogP contribution in [-0.4, -0.2) is 58.6 Å². The molecule has 1 aliphatic heterocycles. The van der Waals surface area contributed by atoms with E-state index in [1.165, 1.54) is 5.56 Å². The van der Waals surface area contributed by atoms with Gasteiger partial charge in [0.25, 0.3) is 0 Å². The minimum absolute atomic E-state index is 0.0808. The minimum Gasteiger partial charge on any atom is -0.337 e. The quantitative estimate of drug-likeness (QED) is 0.594. The third-order valence-corrected chi connectivity index (χ3v) is 5.07. The lowest BCUT2D eigenvalue weighted by Gasteiger charge is -2.34. The SMILES string of the molecule is CCCN1C(=O)C(=O)N(CC(=O)N(C)[C@@H]2CCCc3ccccc32)C1=O. The Hall–Kier alpha value is -2.70. The van der Waals surface area contributed by atoms with Crippen molar-refractivity contribution in [1.29, 1.82) is 0 Å². The number of fused-ring (bicyclic) bond motifs is 1. The van der Waals surface area contributed by atoms with Gasteiger partial charge in [-0.3, -0.25) is 19.3 Å². The van der Waals surface area contributed by atoms with Gasteiger partial charge >= 0.3 is 17.8 Å². The van der Waals surface area contributed by atoms with E-state index in [-0.39, 0.29) is 18.5 Å². The number of urea groups is 1. The van der Waals surface area contributed by atoms with Gasteiger partial charge in [0.2, 0.25) is 5.91 Å². The predicted molar refractivity (Wildman–Crippen MR) is 94.0 cm³/mol. The molecule has 1 fully saturated rings. The van der Waals surface area contributed by atoms with Crippen LogP contribution in [0, 0.1) is 0 Å². The molecule has 1 aromatic rings. The molecular formula is C19H23N3O4. The van der Waals surface area contributed by atoms with Crippen molar-refractivity contribution in [3.8, 4) is 0 Å². The Morgan fingerprint density at radius 1 is 1.15 bits per heavy atom. The van der Waals surface area contributed by atoms with Gasteiger partial charge in [-0.2, -0.15) is 0 Å². The van der Waals surface area contributed by atoms with E-state index in [4.69, 9.17) is 0 Å². The molecule has 0 N–H and O–H groups in total. The number of likely N-dealkylation sites (N-methyl/N-ethyl adjacent to an activating group) is 1. The summed E-state index contributed by atoms with van der Waals surface area (Å²) in [4.78, 5) is 52.3. The van der Waals surface area contributed by atoms with Crippen molar-refractivity contribution in [2.45, 2.75) is 38.6 Å². The Kier molecular flexibility index (Phi) is 5.06. The molecule has 1 saturated heterocycles. The van der Waals surface area contributed by atoms with Gasteiger partial charge in [0, 0.05) is 13.6 Å². The molecule has 1 aromatic carbocycles. The number of hydrogen-bond donors (Lipinski definition) is 0. The van der Waals surface area contributed by atoms with Crippen LogP contribution in [-0.2, 0) is 20.8 Å². The van der Waals surface area contributed by atoms with E-state index in [1.54, 1.807) is 11.9 Å². The molecule has 1 atom stereocenters. The van der Waals surface area contributed by atoms with Crippen LogP contribution in [0.4, 0.5) is 4.79 Å². The maximum Gasteiger partial charge on any atom is 0.334 e. The first-order valence-corrected chi connectivity index (χ1v) is 8.96. The smallest absolute Gasteiger partial charge is 0.334 e. The van der Waals surface area contributed by atoms with Crippen LogP contribution in [0.3, 0.4) is 0 Å². The first-order valence-electron chi connectivity index (χ1n) is 8.96. The standard InChI is InChI=1S/C19H23N3O4/c1-3-11-21-17(24)18(25)22(19(21)26)12-16(23)20(2)15-10-6-8-13-7-4-5-9-14(13)15/h4-5,7,9,15H,3,6,8,10-12H2,1-2H3/t15-/m1/s1. The summed E-state index contributed by atoms with van der Waals surface area (Å²) in [7, 11) is 1.69. The van der Waals surface area contributed by atoms with E-state index in [0.717, 1.165) is 34.6 Å². The van der Waals surface area contributed by atoms with Crippen LogP contribution in [0.1, 0.15) is 43.4 Å². The number of amides is 5. The third kappa shape index (κ3) is 3.09. The van der Waals surface area contributed by atoms with E-state index in [9.17, 15) is 19.2 Å². The summed E-state index contributed by atoms with van der Waals surface area (Å²) in [5.74, 6) is -2.12. The summed E-state index contributed by atoms with van der Waals surface area (Å²) >= 11 is 0. The van der Waals surface area contributed by atoms with Crippen LogP contribution in [0.15, 0.2) is 24.3 Å². The van der Waals surface area contributed by atoms with Gasteiger partial charge in [0.1, 0.15) is 6.54 Å². The van der Waals surface area contributed by atoms with Gasteiger partial charge in [0.15, 0.2) is 0 Å². The minimum atomic E-state index is -0.922. The Bertz CT molecular complexity index is 761. The molecule has 5 amide bonds. The van der Waals surface area contributed by atoms with Gasteiger partial charge < -0.3 is 4.90 Å². The Morgan fingerprint density at radius 2 is 1.85 bits per heavy atom. The number of carbonyl (C=O) groups excluding carboxylic acids is 4. The van der Waals surface area contributed by atoms with Gasteiger partial charge in [-0.25, -0.2) is 9.69 Å². The Labute approximate surface area is 152 Å². The summed E-state index contributed by atoms with van der Waals surface area (Å²) < 4.78 is 0. The summed E-state index contributed by atoms with van der Waals surface area (Å²) in [5.41, 5.74) is 2.33. The molecule has 0 unspecified atom stereocenters. The highest BCUT2D eigenvalue weighted by atomic mass is 16.2. The molecule has 138 valence electrons. The van der Waals surface area contributed by atoms with Gasteiger partial charge in [0.05, 0.1) is 6.04 Å². The zero-order valence-corrected chi connectivity index (χ0v) is 15.1. The molecular weight excluding hydrogens is 334 g/mol. The molecule has 7 nitrogen and oxygen atoms in total. The molecule has 3 rings (SSSR count). The zero-order valence-electron chi connectivity index (χ0n) is 15.1. The highest BCUT2D eigenvalue weighted by Gasteiger charge is 2.45. The average Bonchev–Trinajstić information content (AvgIpc) is 2.85. The largest absolute Gasteiger partial charge is 0.337 e. The summed E-state index contributed by atoms with van der Waals surface area (Å²) in [6.07, 6.45) is 3.36. The number of nitrogens with zero attached hydrogens (tertiary/aromatic N) is 3. The molecule has 7 heteroatoms. The van der Waals surface area contributed by atoms with Crippen LogP contribution in [0.5, 0.6) is 0 Å². The number of benzene rings is 1. The Balaban J connectivity index is 1.74. The summed E-state index contributed by atoms with van der Waals surface area (Å²) in [5, 5.41) is 0. The first-order chi connectivity index (χ1) is 12.5. The van der Waals surface area contributed by atoms with E-state index in [0.29, 0.717) is 6.42 Å². The third-order valence-electron chi connectivity index (χ3n) is 5.07. The van der Waals surface area contributed by atoms with E-state index in [2.05, 4.69) is 6.07 Å². The molecule has 1 heterocycles. The number of carbonyl (C=O) groups is 4. The number of imide groups is 2. The maximum absolute atomic E-state index is 12.7. The molecule has 0 spiro atoms. The number of hydrogen-bond acceptors (Lipinski definition) is 4. The molecule has 0 saturated carbocycles. The van der Waals surface area contributed by atoms with E-state index < -0.39 is 24.4 Å². The monoisotopic (exact) mass is 357 g/mol. The lowest BCUT2D eigenvalue weighted by atomic mass is 9.87. The topological polar surface area (TPSA) is 78.0 Å². The normalized spacial score (nSPS) is 19.8. The van der Waals surface area contributed by atoms with E-state index in [1.807, 2.05) is 25.1 Å². The van der Waals surface area contributed by atoms with Crippen LogP contribution in [0.25, 0.3) is 0 Å². The van der Waals surface area contributed by atoms with Gasteiger partial charge in [-0.15, -0.1) is 0 Å². The van der Waals surface area contributed by atoms with E-state index >= 15 is 0 Å². The molecule has 26 heavy (non-hydrogen) atoms. The van der Waals surface area contributed by atoms with Gasteiger partial charge in [-0.1, -0.05) is 31.2 Å². The van der Waals surface area contributed by atoms with Crippen molar-refractivity contribution >= 4 is 23.8 Å². The predicted octanol–water partition coefficient (Wildman–Crippen LogP) is 1.72. The zero-order chi connectivity index (χ0) is 18.8. The fourth-order valence-electron chi connectivity index (χ4n) is 3.66. The highest BCUT2D eigenvalue weighted by Crippen LogP contribution is 2.33. The highest BCUT2D eigenvalue weighted by molar-refractivity contribution is 6.45. The molecule has 2 aliphatic rings. The van der Waals surface area contributed by atoms with Crippen molar-refractivity contribution in [1.82, 2.24) is 14.7 Å². The molecule has 0 radical (unpaired) electrons. The average molecular weight is 357 g/mol. The first kappa shape index (κ1) is 18.1. The van der Waals surface area contributed by atoms with Crippen molar-refractivity contribution in [2.24, 2.45) is 0 Å². The second-order valence-electron chi connectivity index (χ2n) is 6.74. The summed E-state index contributed by atoms with van der Waals surface area (Å²) in [6.45, 7) is 1.59. The second-order valence-corrected chi connectivity index (χ2v) is 6.74. The maximum atomic E-state index is 12.7. The van der Waals surface area contributed by atoms with Crippen LogP contribution < -0.4 is 0 Å². The van der Waals surface area contributed by atoms with Gasteiger partial charge in [-0.05, 0) is 36.8 Å². The second kappa shape index (κ2) is 7.27. The van der Waals surface area contributed by atoms with Crippen LogP contribution in [0.2, 0.25) is 0 Å². The fourth-order valence-corrected chi connectivity index (χ4v) is 3.66. The summed E-state index contributed by atoms with van der Waals surface area (Å²) in [6, 6.07) is 7.23. The molecule has 0 aromatic heterocycles. The van der Waals surface area contributed by atoms with Crippen molar-refractivity contribution in [3.05, 3.63) is 35.4 Å². The van der Waals surface area contributed by atoms with Crippen molar-refractivity contribution < 1.29 is 19.2 Å². The lowest BCUT2D eigenvalue weighted by Crippen LogP contribution is -2.43. The fraction of sp³-hybridized carbons (Fsp3) is 0.474. The number of aryl methyl sites for hydroxylation is 1. The van der Waals surface area contributed by atoms with Crippen LogP contribution >= 0.6 is 0 Å². The molecule has 1 aliphatic carbocycles. The lowest BCUT2D eigenvalue weighted by molar-refractivity contribution is -0.145. The number of rotatable bonds is 5. The molecule has 0 bridgehead atoms.